The molecule has 0 radical (unpaired) electrons. The second-order valence-corrected chi connectivity index (χ2v) is 4.70. The lowest BCUT2D eigenvalue weighted by Gasteiger charge is -2.01. The van der Waals surface area contributed by atoms with Crippen LogP contribution in [0.3, 0.4) is 0 Å². The number of nitrogens with zero attached hydrogens (tertiary/aromatic N) is 2. The Morgan fingerprint density at radius 2 is 1.68 bits per heavy atom. The Morgan fingerprint density at radius 3 is 2.26 bits per heavy atom. The van der Waals surface area contributed by atoms with Gasteiger partial charge in [-0.2, -0.15) is 0 Å². The first-order valence-corrected chi connectivity index (χ1v) is 6.90. The number of carbonyl (C=O) groups is 2. The maximum atomic E-state index is 11.9. The predicted molar refractivity (Wildman–Crippen MR) is 73.5 cm³/mol. The molecule has 1 aromatic carbocycles. The van der Waals surface area contributed by atoms with Gasteiger partial charge in [-0.05, 0) is 24.5 Å². The zero-order valence-electron chi connectivity index (χ0n) is 10.4. The minimum absolute atomic E-state index is 0.0802. The molecule has 0 N–H and O–H groups in total. The quantitative estimate of drug-likeness (QED) is 0.476. The van der Waals surface area contributed by atoms with Crippen molar-refractivity contribution in [2.45, 2.75) is 11.3 Å². The van der Waals surface area contributed by atoms with Crippen molar-refractivity contribution in [2.75, 3.05) is 6.26 Å². The Hall–Kier alpha value is -2.01. The normalized spacial score (nSPS) is 10.2. The molecule has 2 rings (SSSR count). The van der Waals surface area contributed by atoms with Crippen molar-refractivity contribution >= 4 is 23.3 Å². The van der Waals surface area contributed by atoms with Gasteiger partial charge in [0.1, 0.15) is 0 Å². The monoisotopic (exact) mass is 272 g/mol. The molecule has 0 aliphatic rings. The Kier molecular flexibility index (Phi) is 4.41. The van der Waals surface area contributed by atoms with Gasteiger partial charge in [-0.1, -0.05) is 12.1 Å². The number of rotatable bonds is 5. The third kappa shape index (κ3) is 3.48. The fourth-order valence-electron chi connectivity index (χ4n) is 1.55. The van der Waals surface area contributed by atoms with Gasteiger partial charge < -0.3 is 0 Å². The summed E-state index contributed by atoms with van der Waals surface area (Å²) >= 11 is 1.60. The van der Waals surface area contributed by atoms with Gasteiger partial charge in [-0.15, -0.1) is 11.8 Å². The SMILES string of the molecule is CSc1ccc(C(=O)CC(=O)c2ncccn2)cc1. The van der Waals surface area contributed by atoms with Gasteiger partial charge in [0, 0.05) is 22.9 Å². The molecule has 1 aromatic heterocycles. The van der Waals surface area contributed by atoms with E-state index in [4.69, 9.17) is 0 Å². The van der Waals surface area contributed by atoms with Crippen LogP contribution in [0.25, 0.3) is 0 Å². The van der Waals surface area contributed by atoms with Crippen LogP contribution < -0.4 is 0 Å². The number of ketones is 2. The Morgan fingerprint density at radius 1 is 1.05 bits per heavy atom. The molecule has 5 heteroatoms. The number of Topliss-reactive ketones (excluding diaryl/α,β-unsaturated/α-hetero) is 2. The van der Waals surface area contributed by atoms with E-state index in [2.05, 4.69) is 9.97 Å². The standard InChI is InChI=1S/C14H12N2O2S/c1-19-11-5-3-10(4-6-11)12(17)9-13(18)14-15-7-2-8-16-14/h2-8H,9H2,1H3. The van der Waals surface area contributed by atoms with E-state index in [1.165, 1.54) is 12.4 Å². The van der Waals surface area contributed by atoms with Gasteiger partial charge in [0.25, 0.3) is 0 Å². The summed E-state index contributed by atoms with van der Waals surface area (Å²) in [4.78, 5) is 32.5. The van der Waals surface area contributed by atoms with Crippen LogP contribution in [0, 0.1) is 0 Å². The van der Waals surface area contributed by atoms with Crippen molar-refractivity contribution in [3.8, 4) is 0 Å². The molecule has 0 saturated heterocycles. The van der Waals surface area contributed by atoms with Gasteiger partial charge in [0.15, 0.2) is 11.6 Å². The smallest absolute Gasteiger partial charge is 0.207 e. The highest BCUT2D eigenvalue weighted by Crippen LogP contribution is 2.16. The maximum absolute atomic E-state index is 11.9. The lowest BCUT2D eigenvalue weighted by atomic mass is 10.1. The van der Waals surface area contributed by atoms with E-state index < -0.39 is 0 Å². The number of thioether (sulfide) groups is 1. The van der Waals surface area contributed by atoms with E-state index in [9.17, 15) is 9.59 Å². The molecule has 0 saturated carbocycles. The Labute approximate surface area is 115 Å². The lowest BCUT2D eigenvalue weighted by Crippen LogP contribution is -2.11. The van der Waals surface area contributed by atoms with Crippen molar-refractivity contribution in [3.05, 3.63) is 54.1 Å². The maximum Gasteiger partial charge on any atom is 0.207 e. The zero-order chi connectivity index (χ0) is 13.7. The molecule has 0 bridgehead atoms. The molecule has 2 aromatic rings. The molecule has 1 heterocycles. The van der Waals surface area contributed by atoms with Gasteiger partial charge in [-0.3, -0.25) is 9.59 Å². The summed E-state index contributed by atoms with van der Waals surface area (Å²) in [5, 5.41) is 0. The second-order valence-electron chi connectivity index (χ2n) is 3.82. The van der Waals surface area contributed by atoms with E-state index in [0.717, 1.165) is 4.90 Å². The third-order valence-electron chi connectivity index (χ3n) is 2.55. The molecule has 0 spiro atoms. The van der Waals surface area contributed by atoms with Crippen molar-refractivity contribution in [1.29, 1.82) is 0 Å². The van der Waals surface area contributed by atoms with E-state index in [1.807, 2.05) is 18.4 Å². The second kappa shape index (κ2) is 6.24. The summed E-state index contributed by atoms with van der Waals surface area (Å²) in [5.41, 5.74) is 0.530. The predicted octanol–water partition coefficient (Wildman–Crippen LogP) is 2.65. The highest BCUT2D eigenvalue weighted by molar-refractivity contribution is 7.98. The number of hydrogen-bond acceptors (Lipinski definition) is 5. The summed E-state index contributed by atoms with van der Waals surface area (Å²) in [5.74, 6) is -0.499. The van der Waals surface area contributed by atoms with Gasteiger partial charge >= 0.3 is 0 Å². The van der Waals surface area contributed by atoms with Gasteiger partial charge in [-0.25, -0.2) is 9.97 Å². The van der Waals surface area contributed by atoms with Crippen molar-refractivity contribution < 1.29 is 9.59 Å². The van der Waals surface area contributed by atoms with Gasteiger partial charge in [0.2, 0.25) is 5.78 Å². The molecule has 0 atom stereocenters. The summed E-state index contributed by atoms with van der Waals surface area (Å²) in [7, 11) is 0. The number of carbonyl (C=O) groups excluding carboxylic acids is 2. The van der Waals surface area contributed by atoms with Crippen LogP contribution in [-0.2, 0) is 0 Å². The average molecular weight is 272 g/mol. The highest BCUT2D eigenvalue weighted by atomic mass is 32.2. The molecular formula is C14H12N2O2S. The van der Waals surface area contributed by atoms with Crippen LogP contribution in [0.1, 0.15) is 27.4 Å². The summed E-state index contributed by atoms with van der Waals surface area (Å²) in [6.45, 7) is 0. The summed E-state index contributed by atoms with van der Waals surface area (Å²) in [6, 6.07) is 8.81. The topological polar surface area (TPSA) is 59.9 Å². The highest BCUT2D eigenvalue weighted by Gasteiger charge is 2.15. The van der Waals surface area contributed by atoms with E-state index in [1.54, 1.807) is 30.0 Å². The molecule has 96 valence electrons. The fraction of sp³-hybridized carbons (Fsp3) is 0.143. The number of aromatic nitrogens is 2. The number of hydrogen-bond donors (Lipinski definition) is 0. The molecule has 19 heavy (non-hydrogen) atoms. The molecule has 0 fully saturated rings. The van der Waals surface area contributed by atoms with E-state index in [-0.39, 0.29) is 23.8 Å². The minimum Gasteiger partial charge on any atom is -0.294 e. The lowest BCUT2D eigenvalue weighted by molar-refractivity contribution is 0.0888. The molecular weight excluding hydrogens is 260 g/mol. The van der Waals surface area contributed by atoms with Crippen LogP contribution in [0.2, 0.25) is 0 Å². The van der Waals surface area contributed by atoms with E-state index in [0.29, 0.717) is 5.56 Å². The molecule has 4 nitrogen and oxygen atoms in total. The van der Waals surface area contributed by atoms with Crippen molar-refractivity contribution in [1.82, 2.24) is 9.97 Å². The van der Waals surface area contributed by atoms with Crippen LogP contribution >= 0.6 is 11.8 Å². The number of benzene rings is 1. The Balaban J connectivity index is 2.06. The van der Waals surface area contributed by atoms with E-state index >= 15 is 0 Å². The van der Waals surface area contributed by atoms with Crippen LogP contribution in [-0.4, -0.2) is 27.8 Å². The first-order valence-electron chi connectivity index (χ1n) is 5.68. The summed E-state index contributed by atoms with van der Waals surface area (Å²) < 4.78 is 0. The molecule has 0 unspecified atom stereocenters. The summed E-state index contributed by atoms with van der Waals surface area (Å²) in [6.07, 6.45) is 4.73. The average Bonchev–Trinajstić information content (AvgIpc) is 2.48. The van der Waals surface area contributed by atoms with Gasteiger partial charge in [0.05, 0.1) is 6.42 Å². The van der Waals surface area contributed by atoms with Crippen molar-refractivity contribution in [2.24, 2.45) is 0 Å². The molecule has 0 aliphatic heterocycles. The zero-order valence-corrected chi connectivity index (χ0v) is 11.2. The Bertz CT molecular complexity index is 582. The minimum atomic E-state index is -0.362. The largest absolute Gasteiger partial charge is 0.294 e. The molecule has 0 aliphatic carbocycles. The van der Waals surface area contributed by atoms with Crippen LogP contribution in [0.4, 0.5) is 0 Å². The molecule has 0 amide bonds. The fourth-order valence-corrected chi connectivity index (χ4v) is 1.96. The van der Waals surface area contributed by atoms with Crippen LogP contribution in [0.15, 0.2) is 47.6 Å². The van der Waals surface area contributed by atoms with Crippen molar-refractivity contribution in [3.63, 3.8) is 0 Å². The van der Waals surface area contributed by atoms with Crippen LogP contribution in [0.5, 0.6) is 0 Å². The third-order valence-corrected chi connectivity index (χ3v) is 3.29. The first kappa shape index (κ1) is 13.4. The first-order chi connectivity index (χ1) is 9.20.